The van der Waals surface area contributed by atoms with Crippen LogP contribution < -0.4 is 0 Å². The number of rotatable bonds is 4. The van der Waals surface area contributed by atoms with Crippen molar-refractivity contribution in [2.45, 2.75) is 33.1 Å². The maximum Gasteiger partial charge on any atom is 0.339 e. The smallest absolute Gasteiger partial charge is 0.339 e. The summed E-state index contributed by atoms with van der Waals surface area (Å²) in [7, 11) is 0. The highest BCUT2D eigenvalue weighted by Gasteiger charge is 2.24. The Bertz CT molecular complexity index is 630. The second-order valence-electron chi connectivity index (χ2n) is 4.91. The van der Waals surface area contributed by atoms with Crippen molar-refractivity contribution >= 4 is 5.97 Å². The fraction of sp³-hybridized carbons (Fsp3) is 0.333. The van der Waals surface area contributed by atoms with Crippen LogP contribution in [0.25, 0.3) is 5.69 Å². The number of aromatic nitrogens is 2. The molecule has 0 radical (unpaired) electrons. The first-order valence-corrected chi connectivity index (χ1v) is 6.56. The van der Waals surface area contributed by atoms with Gasteiger partial charge in [-0.2, -0.15) is 5.10 Å². The molecule has 1 N–H and O–H groups in total. The maximum absolute atomic E-state index is 13.0. The quantitative estimate of drug-likeness (QED) is 0.931. The third kappa shape index (κ3) is 2.43. The third-order valence-electron chi connectivity index (χ3n) is 3.17. The van der Waals surface area contributed by atoms with Crippen molar-refractivity contribution in [3.8, 4) is 5.69 Å². The summed E-state index contributed by atoms with van der Waals surface area (Å²) in [6.07, 6.45) is 0.540. The van der Waals surface area contributed by atoms with E-state index < -0.39 is 5.97 Å². The molecule has 0 bridgehead atoms. The predicted octanol–water partition coefficient (Wildman–Crippen LogP) is 3.40. The Balaban J connectivity index is 2.67. The number of hydrogen-bond acceptors (Lipinski definition) is 2. The minimum absolute atomic E-state index is 0.00750. The first-order chi connectivity index (χ1) is 9.45. The number of aromatic carboxylic acids is 1. The number of halogens is 1. The molecule has 1 heterocycles. The number of carboxylic acids is 1. The molecule has 2 aromatic rings. The SMILES string of the molecule is CCc1c(C(=O)O)c(C(C)C)nn1-c1ccc(F)cc1. The zero-order valence-electron chi connectivity index (χ0n) is 11.7. The van der Waals surface area contributed by atoms with Crippen LogP contribution in [-0.4, -0.2) is 20.9 Å². The monoisotopic (exact) mass is 276 g/mol. The molecule has 0 fully saturated rings. The summed E-state index contributed by atoms with van der Waals surface area (Å²) in [6, 6.07) is 5.87. The first kappa shape index (κ1) is 14.2. The van der Waals surface area contributed by atoms with Gasteiger partial charge in [-0.05, 0) is 36.6 Å². The first-order valence-electron chi connectivity index (χ1n) is 6.56. The van der Waals surface area contributed by atoms with E-state index in [1.807, 2.05) is 20.8 Å². The molecule has 0 saturated heterocycles. The molecule has 20 heavy (non-hydrogen) atoms. The van der Waals surface area contributed by atoms with Crippen LogP contribution in [0.15, 0.2) is 24.3 Å². The average molecular weight is 276 g/mol. The van der Waals surface area contributed by atoms with Gasteiger partial charge in [-0.15, -0.1) is 0 Å². The zero-order chi connectivity index (χ0) is 14.9. The summed E-state index contributed by atoms with van der Waals surface area (Å²) in [6.45, 7) is 5.69. The van der Waals surface area contributed by atoms with Crippen molar-refractivity contribution in [3.63, 3.8) is 0 Å². The molecule has 0 saturated carbocycles. The number of carboxylic acid groups (broad SMARTS) is 1. The minimum atomic E-state index is -0.973. The summed E-state index contributed by atoms with van der Waals surface area (Å²) < 4.78 is 14.6. The van der Waals surface area contributed by atoms with Crippen LogP contribution in [0.1, 0.15) is 48.4 Å². The van der Waals surface area contributed by atoms with Crippen molar-refractivity contribution < 1.29 is 14.3 Å². The minimum Gasteiger partial charge on any atom is -0.478 e. The lowest BCUT2D eigenvalue weighted by atomic mass is 10.0. The highest BCUT2D eigenvalue weighted by Crippen LogP contribution is 2.25. The largest absolute Gasteiger partial charge is 0.478 e. The van der Waals surface area contributed by atoms with Gasteiger partial charge in [-0.25, -0.2) is 13.9 Å². The van der Waals surface area contributed by atoms with Crippen LogP contribution >= 0.6 is 0 Å². The highest BCUT2D eigenvalue weighted by molar-refractivity contribution is 5.90. The van der Waals surface area contributed by atoms with E-state index in [9.17, 15) is 14.3 Å². The molecule has 4 nitrogen and oxygen atoms in total. The normalized spacial score (nSPS) is 11.1. The Morgan fingerprint density at radius 3 is 2.40 bits per heavy atom. The molecule has 0 aliphatic heterocycles. The molecule has 0 atom stereocenters. The van der Waals surface area contributed by atoms with Gasteiger partial charge < -0.3 is 5.11 Å². The van der Waals surface area contributed by atoms with Crippen LogP contribution in [0.2, 0.25) is 0 Å². The summed E-state index contributed by atoms with van der Waals surface area (Å²) >= 11 is 0. The second-order valence-corrected chi connectivity index (χ2v) is 4.91. The van der Waals surface area contributed by atoms with Crippen LogP contribution in [0.3, 0.4) is 0 Å². The van der Waals surface area contributed by atoms with Gasteiger partial charge in [0.25, 0.3) is 0 Å². The molecular formula is C15H17FN2O2. The molecule has 2 rings (SSSR count). The molecule has 5 heteroatoms. The Hall–Kier alpha value is -2.17. The van der Waals surface area contributed by atoms with Crippen molar-refractivity contribution in [3.05, 3.63) is 47.0 Å². The van der Waals surface area contributed by atoms with Crippen molar-refractivity contribution in [1.29, 1.82) is 0 Å². The summed E-state index contributed by atoms with van der Waals surface area (Å²) in [5, 5.41) is 13.8. The fourth-order valence-electron chi connectivity index (χ4n) is 2.23. The third-order valence-corrected chi connectivity index (χ3v) is 3.17. The van der Waals surface area contributed by atoms with E-state index in [4.69, 9.17) is 0 Å². The molecule has 0 spiro atoms. The van der Waals surface area contributed by atoms with Gasteiger partial charge in [0.2, 0.25) is 0 Å². The number of benzene rings is 1. The van der Waals surface area contributed by atoms with E-state index in [1.54, 1.807) is 16.8 Å². The maximum atomic E-state index is 13.0. The van der Waals surface area contributed by atoms with Crippen LogP contribution in [-0.2, 0) is 6.42 Å². The van der Waals surface area contributed by atoms with Gasteiger partial charge in [0.15, 0.2) is 0 Å². The van der Waals surface area contributed by atoms with Gasteiger partial charge in [0, 0.05) is 0 Å². The highest BCUT2D eigenvalue weighted by atomic mass is 19.1. The molecule has 106 valence electrons. The van der Waals surface area contributed by atoms with E-state index in [1.165, 1.54) is 12.1 Å². The van der Waals surface area contributed by atoms with Crippen LogP contribution in [0, 0.1) is 5.82 Å². The van der Waals surface area contributed by atoms with Gasteiger partial charge in [0.1, 0.15) is 11.4 Å². The molecule has 0 aliphatic carbocycles. The Labute approximate surface area is 116 Å². The molecule has 0 amide bonds. The van der Waals surface area contributed by atoms with Gasteiger partial charge >= 0.3 is 5.97 Å². The summed E-state index contributed by atoms with van der Waals surface area (Å²) in [5.41, 5.74) is 2.11. The lowest BCUT2D eigenvalue weighted by molar-refractivity contribution is 0.0694. The predicted molar refractivity (Wildman–Crippen MR) is 73.9 cm³/mol. The zero-order valence-corrected chi connectivity index (χ0v) is 11.7. The molecular weight excluding hydrogens is 259 g/mol. The Morgan fingerprint density at radius 1 is 1.35 bits per heavy atom. The van der Waals surface area contributed by atoms with Gasteiger partial charge in [-0.1, -0.05) is 20.8 Å². The van der Waals surface area contributed by atoms with E-state index in [0.29, 0.717) is 23.5 Å². The second kappa shape index (κ2) is 5.45. The summed E-state index contributed by atoms with van der Waals surface area (Å²) in [5.74, 6) is -1.30. The van der Waals surface area contributed by atoms with E-state index >= 15 is 0 Å². The van der Waals surface area contributed by atoms with E-state index in [-0.39, 0.29) is 17.3 Å². The molecule has 0 aliphatic rings. The van der Waals surface area contributed by atoms with Crippen molar-refractivity contribution in [1.82, 2.24) is 9.78 Å². The van der Waals surface area contributed by atoms with Gasteiger partial charge in [0.05, 0.1) is 17.1 Å². The molecule has 1 aromatic heterocycles. The molecule has 0 unspecified atom stereocenters. The topological polar surface area (TPSA) is 55.1 Å². The van der Waals surface area contributed by atoms with Crippen LogP contribution in [0.4, 0.5) is 4.39 Å². The Morgan fingerprint density at radius 2 is 1.95 bits per heavy atom. The van der Waals surface area contributed by atoms with E-state index in [0.717, 1.165) is 0 Å². The van der Waals surface area contributed by atoms with Gasteiger partial charge in [-0.3, -0.25) is 0 Å². The van der Waals surface area contributed by atoms with Crippen molar-refractivity contribution in [2.24, 2.45) is 0 Å². The lowest BCUT2D eigenvalue weighted by Gasteiger charge is -2.06. The number of hydrogen-bond donors (Lipinski definition) is 1. The summed E-state index contributed by atoms with van der Waals surface area (Å²) in [4.78, 5) is 11.5. The average Bonchev–Trinajstić information content (AvgIpc) is 2.79. The fourth-order valence-corrected chi connectivity index (χ4v) is 2.23. The van der Waals surface area contributed by atoms with Crippen LogP contribution in [0.5, 0.6) is 0 Å². The van der Waals surface area contributed by atoms with E-state index in [2.05, 4.69) is 5.10 Å². The Kier molecular flexibility index (Phi) is 3.88. The van der Waals surface area contributed by atoms with Crippen molar-refractivity contribution in [2.75, 3.05) is 0 Å². The number of nitrogens with zero attached hydrogens (tertiary/aromatic N) is 2. The number of carbonyl (C=O) groups is 1. The standard InChI is InChI=1S/C15H17FN2O2/c1-4-12-13(15(19)20)14(9(2)3)17-18(12)11-7-5-10(16)6-8-11/h5-9H,4H2,1-3H3,(H,19,20). The lowest BCUT2D eigenvalue weighted by Crippen LogP contribution is -2.06. The molecule has 1 aromatic carbocycles.